The molecule has 184 valence electrons. The number of aliphatic hydroxyl groups excluding tert-OH is 1. The fourth-order valence-corrected chi connectivity index (χ4v) is 5.31. The van der Waals surface area contributed by atoms with Crippen LogP contribution in [0.3, 0.4) is 0 Å². The number of amides is 1. The van der Waals surface area contributed by atoms with E-state index in [2.05, 4.69) is 23.7 Å². The Hall–Kier alpha value is -2.91. The third kappa shape index (κ3) is 4.81. The van der Waals surface area contributed by atoms with Crippen LogP contribution in [0.25, 0.3) is 0 Å². The van der Waals surface area contributed by atoms with Crippen molar-refractivity contribution in [3.05, 3.63) is 50.7 Å². The maximum absolute atomic E-state index is 13.7. The van der Waals surface area contributed by atoms with Crippen LogP contribution >= 0.6 is 11.3 Å². The highest BCUT2D eigenvalue weighted by molar-refractivity contribution is 7.14. The predicted octanol–water partition coefficient (Wildman–Crippen LogP) is 4.09. The number of ether oxygens (including phenoxy) is 2. The Balaban J connectivity index is 2.09. The number of thiazole rings is 1. The molecule has 0 unspecified atom stereocenters. The van der Waals surface area contributed by atoms with Crippen LogP contribution in [0.1, 0.15) is 52.2 Å². The largest absolute Gasteiger partial charge is 0.503 e. The summed E-state index contributed by atoms with van der Waals surface area (Å²) in [6, 6.07) is 4.54. The molecular weight excluding hydrogens is 454 g/mol. The van der Waals surface area contributed by atoms with Crippen LogP contribution in [0.4, 0.5) is 0 Å². The monoisotopic (exact) mass is 487 g/mol. The number of aromatic nitrogens is 1. The van der Waals surface area contributed by atoms with Gasteiger partial charge in [0.15, 0.2) is 17.3 Å². The summed E-state index contributed by atoms with van der Waals surface area (Å²) in [5, 5.41) is 11.7. The van der Waals surface area contributed by atoms with Gasteiger partial charge < -0.3 is 24.4 Å². The number of para-hydroxylation sites is 1. The first kappa shape index (κ1) is 25.7. The van der Waals surface area contributed by atoms with Crippen LogP contribution in [0.15, 0.2) is 29.5 Å². The Kier molecular flexibility index (Phi) is 8.33. The first-order valence-corrected chi connectivity index (χ1v) is 12.3. The van der Waals surface area contributed by atoms with Crippen molar-refractivity contribution >= 4 is 23.0 Å². The molecule has 1 atom stereocenters. The van der Waals surface area contributed by atoms with Crippen LogP contribution < -0.4 is 9.47 Å². The number of methoxy groups -OCH3 is 2. The zero-order chi connectivity index (χ0) is 25.0. The van der Waals surface area contributed by atoms with Gasteiger partial charge in [0, 0.05) is 12.1 Å². The summed E-state index contributed by atoms with van der Waals surface area (Å²) in [4.78, 5) is 35.6. The number of ketones is 1. The molecule has 1 amide bonds. The highest BCUT2D eigenvalue weighted by Gasteiger charge is 2.45. The Morgan fingerprint density at radius 3 is 2.47 bits per heavy atom. The summed E-state index contributed by atoms with van der Waals surface area (Å²) in [6.07, 6.45) is 0.698. The van der Waals surface area contributed by atoms with Gasteiger partial charge in [-0.3, -0.25) is 9.59 Å². The molecule has 0 saturated carbocycles. The molecule has 0 saturated heterocycles. The molecule has 34 heavy (non-hydrogen) atoms. The van der Waals surface area contributed by atoms with Crippen molar-refractivity contribution < 1.29 is 24.2 Å². The fourth-order valence-electron chi connectivity index (χ4n) is 4.44. The Morgan fingerprint density at radius 2 is 1.91 bits per heavy atom. The Bertz CT molecular complexity index is 1090. The van der Waals surface area contributed by atoms with Gasteiger partial charge in [-0.2, -0.15) is 0 Å². The number of aliphatic hydroxyl groups is 1. The standard InChI is InChI=1S/C25H33N3O5S/c1-7-27(8-2)13-10-14-28-20(17-11-9-12-18(32-5)23(17)33-6)19(22(30)25(28)31)21(29)24-15(3)26-16(4)34-24/h9,11-12,20,30H,7-8,10,13-14H2,1-6H3/t20-/m1/s1. The van der Waals surface area contributed by atoms with Crippen molar-refractivity contribution in [1.82, 2.24) is 14.8 Å². The van der Waals surface area contributed by atoms with E-state index in [-0.39, 0.29) is 5.57 Å². The fraction of sp³-hybridized carbons (Fsp3) is 0.480. The third-order valence-electron chi connectivity index (χ3n) is 6.15. The summed E-state index contributed by atoms with van der Waals surface area (Å²) in [5.74, 6) is -0.563. The van der Waals surface area contributed by atoms with Gasteiger partial charge in [-0.05, 0) is 46.0 Å². The summed E-state index contributed by atoms with van der Waals surface area (Å²) in [6.45, 7) is 10.8. The summed E-state index contributed by atoms with van der Waals surface area (Å²) in [7, 11) is 3.05. The first-order valence-electron chi connectivity index (χ1n) is 11.4. The zero-order valence-electron chi connectivity index (χ0n) is 20.7. The van der Waals surface area contributed by atoms with E-state index >= 15 is 0 Å². The van der Waals surface area contributed by atoms with E-state index in [9.17, 15) is 14.7 Å². The second kappa shape index (κ2) is 11.0. The Morgan fingerprint density at radius 1 is 1.21 bits per heavy atom. The SMILES string of the molecule is CCN(CC)CCCN1C(=O)C(O)=C(C(=O)c2sc(C)nc2C)[C@H]1c1cccc(OC)c1OC. The minimum Gasteiger partial charge on any atom is -0.503 e. The average Bonchev–Trinajstić information content (AvgIpc) is 3.30. The lowest BCUT2D eigenvalue weighted by Gasteiger charge is -2.29. The number of rotatable bonds is 11. The van der Waals surface area contributed by atoms with E-state index in [0.717, 1.165) is 24.6 Å². The maximum atomic E-state index is 13.7. The summed E-state index contributed by atoms with van der Waals surface area (Å²) in [5.41, 5.74) is 1.21. The molecule has 9 heteroatoms. The van der Waals surface area contributed by atoms with Gasteiger partial charge in [0.05, 0.1) is 41.4 Å². The highest BCUT2D eigenvalue weighted by Crippen LogP contribution is 2.45. The van der Waals surface area contributed by atoms with Crippen LogP contribution in [0, 0.1) is 13.8 Å². The smallest absolute Gasteiger partial charge is 0.290 e. The van der Waals surface area contributed by atoms with Crippen molar-refractivity contribution in [1.29, 1.82) is 0 Å². The average molecular weight is 488 g/mol. The first-order chi connectivity index (χ1) is 16.3. The summed E-state index contributed by atoms with van der Waals surface area (Å²) >= 11 is 1.26. The molecular formula is C25H33N3O5S. The molecule has 8 nitrogen and oxygen atoms in total. The second-order valence-corrected chi connectivity index (χ2v) is 9.31. The quantitative estimate of drug-likeness (QED) is 0.477. The lowest BCUT2D eigenvalue weighted by Crippen LogP contribution is -2.34. The molecule has 0 aliphatic carbocycles. The molecule has 2 aromatic rings. The molecule has 0 bridgehead atoms. The van der Waals surface area contributed by atoms with E-state index < -0.39 is 23.5 Å². The van der Waals surface area contributed by atoms with E-state index in [1.807, 2.05) is 6.92 Å². The lowest BCUT2D eigenvalue weighted by atomic mass is 9.94. The van der Waals surface area contributed by atoms with Crippen molar-refractivity contribution in [3.63, 3.8) is 0 Å². The zero-order valence-corrected chi connectivity index (χ0v) is 21.5. The molecule has 1 aromatic carbocycles. The maximum Gasteiger partial charge on any atom is 0.290 e. The minimum absolute atomic E-state index is 0.0474. The molecule has 0 spiro atoms. The van der Waals surface area contributed by atoms with Crippen molar-refractivity contribution in [3.8, 4) is 11.5 Å². The lowest BCUT2D eigenvalue weighted by molar-refractivity contribution is -0.129. The van der Waals surface area contributed by atoms with Gasteiger partial charge in [0.2, 0.25) is 5.78 Å². The minimum atomic E-state index is -0.802. The van der Waals surface area contributed by atoms with E-state index in [1.165, 1.54) is 25.6 Å². The number of carbonyl (C=O) groups excluding carboxylic acids is 2. The van der Waals surface area contributed by atoms with Gasteiger partial charge in [0.1, 0.15) is 0 Å². The summed E-state index contributed by atoms with van der Waals surface area (Å²) < 4.78 is 11.1. The molecule has 1 aromatic heterocycles. The van der Waals surface area contributed by atoms with Crippen molar-refractivity contribution in [2.75, 3.05) is 40.4 Å². The number of carbonyl (C=O) groups is 2. The number of nitrogens with zero attached hydrogens (tertiary/aromatic N) is 3. The van der Waals surface area contributed by atoms with Gasteiger partial charge in [-0.25, -0.2) is 4.98 Å². The topological polar surface area (TPSA) is 92.2 Å². The normalized spacial score (nSPS) is 16.0. The third-order valence-corrected chi connectivity index (χ3v) is 7.23. The molecule has 2 heterocycles. The van der Waals surface area contributed by atoms with Gasteiger partial charge in [-0.1, -0.05) is 26.0 Å². The molecule has 1 aliphatic heterocycles. The molecule has 3 rings (SSSR count). The Labute approximate surface area is 204 Å². The number of aryl methyl sites for hydroxylation is 2. The van der Waals surface area contributed by atoms with Crippen molar-refractivity contribution in [2.24, 2.45) is 0 Å². The number of hydrogen-bond acceptors (Lipinski definition) is 8. The van der Waals surface area contributed by atoms with E-state index in [0.29, 0.717) is 40.6 Å². The molecule has 0 radical (unpaired) electrons. The predicted molar refractivity (Wildman–Crippen MR) is 132 cm³/mol. The number of hydrogen-bond donors (Lipinski definition) is 1. The van der Waals surface area contributed by atoms with Gasteiger partial charge in [-0.15, -0.1) is 11.3 Å². The van der Waals surface area contributed by atoms with Crippen molar-refractivity contribution in [2.45, 2.75) is 40.2 Å². The van der Waals surface area contributed by atoms with Crippen LogP contribution in [0.5, 0.6) is 11.5 Å². The van der Waals surface area contributed by atoms with Gasteiger partial charge in [0.25, 0.3) is 5.91 Å². The number of benzene rings is 1. The van der Waals surface area contributed by atoms with E-state index in [1.54, 1.807) is 30.0 Å². The number of Topliss-reactive ketones (excluding diaryl/α,β-unsaturated/α-hetero) is 1. The van der Waals surface area contributed by atoms with Crippen LogP contribution in [-0.4, -0.2) is 72.0 Å². The molecule has 1 aliphatic rings. The van der Waals surface area contributed by atoms with E-state index in [4.69, 9.17) is 9.47 Å². The van der Waals surface area contributed by atoms with Crippen LogP contribution in [0.2, 0.25) is 0 Å². The highest BCUT2D eigenvalue weighted by atomic mass is 32.1. The van der Waals surface area contributed by atoms with Gasteiger partial charge >= 0.3 is 0 Å². The molecule has 1 N–H and O–H groups in total. The van der Waals surface area contributed by atoms with Crippen LogP contribution in [-0.2, 0) is 4.79 Å². The molecule has 0 fully saturated rings. The second-order valence-electron chi connectivity index (χ2n) is 8.10.